The quantitative estimate of drug-likeness (QED) is 0.727. The summed E-state index contributed by atoms with van der Waals surface area (Å²) >= 11 is 11.7. The summed E-state index contributed by atoms with van der Waals surface area (Å²) in [6.45, 7) is 3.96. The van der Waals surface area contributed by atoms with Gasteiger partial charge in [-0.1, -0.05) is 23.2 Å². The Labute approximate surface area is 124 Å². The van der Waals surface area contributed by atoms with Crippen molar-refractivity contribution in [3.63, 3.8) is 0 Å². The summed E-state index contributed by atoms with van der Waals surface area (Å²) in [7, 11) is -2.31. The average molecular weight is 313 g/mol. The Morgan fingerprint density at radius 1 is 0.684 bits per heavy atom. The molecular formula is C14H14Cl2O2Si. The molecule has 0 spiro atoms. The van der Waals surface area contributed by atoms with Crippen molar-refractivity contribution in [1.29, 1.82) is 0 Å². The lowest BCUT2D eigenvalue weighted by Gasteiger charge is -2.24. The van der Waals surface area contributed by atoms with Crippen LogP contribution in [0.1, 0.15) is 0 Å². The summed E-state index contributed by atoms with van der Waals surface area (Å²) in [6.07, 6.45) is 0. The van der Waals surface area contributed by atoms with Crippen LogP contribution in [-0.4, -0.2) is 8.56 Å². The maximum absolute atomic E-state index is 5.92. The molecule has 5 heteroatoms. The second-order valence-electron chi connectivity index (χ2n) is 4.51. The van der Waals surface area contributed by atoms with Crippen molar-refractivity contribution >= 4 is 31.8 Å². The maximum Gasteiger partial charge on any atom is 0.454 e. The molecule has 0 aliphatic carbocycles. The molecule has 0 radical (unpaired) electrons. The van der Waals surface area contributed by atoms with Gasteiger partial charge in [0.2, 0.25) is 0 Å². The zero-order valence-electron chi connectivity index (χ0n) is 10.7. The van der Waals surface area contributed by atoms with E-state index in [1.807, 2.05) is 37.4 Å². The third-order valence-electron chi connectivity index (χ3n) is 2.35. The fourth-order valence-corrected chi connectivity index (χ4v) is 3.29. The molecule has 0 unspecified atom stereocenters. The number of hydrogen-bond donors (Lipinski definition) is 0. The first-order valence-electron chi connectivity index (χ1n) is 5.84. The number of halogens is 2. The first kappa shape index (κ1) is 14.3. The van der Waals surface area contributed by atoms with E-state index in [9.17, 15) is 0 Å². The normalized spacial score (nSPS) is 11.2. The minimum atomic E-state index is -2.31. The lowest BCUT2D eigenvalue weighted by Crippen LogP contribution is -2.41. The lowest BCUT2D eigenvalue weighted by atomic mass is 10.3. The molecule has 0 heterocycles. The molecule has 0 saturated carbocycles. The Hall–Kier alpha value is -1.16. The molecule has 2 aromatic carbocycles. The van der Waals surface area contributed by atoms with Gasteiger partial charge in [0.05, 0.1) is 0 Å². The Kier molecular flexibility index (Phi) is 4.40. The SMILES string of the molecule is C[Si](C)(Oc1ccc(Cl)cc1)Oc1ccc(Cl)cc1. The van der Waals surface area contributed by atoms with Crippen LogP contribution in [0.3, 0.4) is 0 Å². The molecule has 0 aliphatic rings. The molecular weight excluding hydrogens is 299 g/mol. The molecule has 2 nitrogen and oxygen atoms in total. The molecule has 0 aliphatic heterocycles. The van der Waals surface area contributed by atoms with E-state index in [0.717, 1.165) is 11.5 Å². The minimum absolute atomic E-state index is 0.686. The van der Waals surface area contributed by atoms with E-state index in [4.69, 9.17) is 32.1 Å². The van der Waals surface area contributed by atoms with Crippen LogP contribution in [0.5, 0.6) is 11.5 Å². The number of benzene rings is 2. The fraction of sp³-hybridized carbons (Fsp3) is 0.143. The molecule has 19 heavy (non-hydrogen) atoms. The number of rotatable bonds is 4. The second-order valence-corrected chi connectivity index (χ2v) is 8.59. The van der Waals surface area contributed by atoms with E-state index in [0.29, 0.717) is 10.0 Å². The summed E-state index contributed by atoms with van der Waals surface area (Å²) in [4.78, 5) is 0. The van der Waals surface area contributed by atoms with Crippen LogP contribution < -0.4 is 8.85 Å². The van der Waals surface area contributed by atoms with Gasteiger partial charge in [-0.25, -0.2) is 0 Å². The molecule has 0 aromatic heterocycles. The fourth-order valence-electron chi connectivity index (χ4n) is 1.59. The smallest absolute Gasteiger partial charge is 0.454 e. The molecule has 2 aromatic rings. The van der Waals surface area contributed by atoms with Crippen LogP contribution in [0.2, 0.25) is 23.1 Å². The van der Waals surface area contributed by atoms with Crippen molar-refractivity contribution in [1.82, 2.24) is 0 Å². The van der Waals surface area contributed by atoms with Gasteiger partial charge in [-0.05, 0) is 48.5 Å². The van der Waals surface area contributed by atoms with Crippen molar-refractivity contribution < 1.29 is 8.85 Å². The van der Waals surface area contributed by atoms with Crippen molar-refractivity contribution in [2.45, 2.75) is 13.1 Å². The first-order valence-corrected chi connectivity index (χ1v) is 9.41. The highest BCUT2D eigenvalue weighted by Crippen LogP contribution is 2.23. The monoisotopic (exact) mass is 312 g/mol. The van der Waals surface area contributed by atoms with E-state index in [2.05, 4.69) is 0 Å². The number of hydrogen-bond acceptors (Lipinski definition) is 2. The van der Waals surface area contributed by atoms with Gasteiger partial charge in [-0.3, -0.25) is 0 Å². The Morgan fingerprint density at radius 3 is 1.32 bits per heavy atom. The molecule has 2 rings (SSSR count). The summed E-state index contributed by atoms with van der Waals surface area (Å²) in [5, 5.41) is 1.37. The molecule has 0 saturated heterocycles. The summed E-state index contributed by atoms with van der Waals surface area (Å²) in [5.41, 5.74) is 0. The van der Waals surface area contributed by atoms with Crippen LogP contribution >= 0.6 is 23.2 Å². The van der Waals surface area contributed by atoms with Gasteiger partial charge < -0.3 is 8.85 Å². The Bertz CT molecular complexity index is 489. The zero-order chi connectivity index (χ0) is 13.9. The standard InChI is InChI=1S/C14H14Cl2O2Si/c1-19(2,17-13-7-3-11(15)4-8-13)18-14-9-5-12(16)6-10-14/h3-10H,1-2H3. The molecule has 0 atom stereocenters. The highest BCUT2D eigenvalue weighted by atomic mass is 35.5. The first-order chi connectivity index (χ1) is 8.94. The minimum Gasteiger partial charge on any atom is -0.512 e. The third-order valence-corrected chi connectivity index (χ3v) is 4.31. The van der Waals surface area contributed by atoms with Gasteiger partial charge in [0, 0.05) is 23.1 Å². The lowest BCUT2D eigenvalue weighted by molar-refractivity contribution is 0.399. The molecule has 0 amide bonds. The highest BCUT2D eigenvalue weighted by molar-refractivity contribution is 6.66. The Balaban J connectivity index is 2.05. The van der Waals surface area contributed by atoms with E-state index >= 15 is 0 Å². The Morgan fingerprint density at radius 2 is 1.00 bits per heavy atom. The molecule has 0 bridgehead atoms. The van der Waals surface area contributed by atoms with Crippen molar-refractivity contribution in [3.05, 3.63) is 58.6 Å². The van der Waals surface area contributed by atoms with Crippen LogP contribution in [0.15, 0.2) is 48.5 Å². The van der Waals surface area contributed by atoms with E-state index < -0.39 is 8.56 Å². The van der Waals surface area contributed by atoms with Crippen LogP contribution in [0.4, 0.5) is 0 Å². The predicted octanol–water partition coefficient (Wildman–Crippen LogP) is 5.15. The van der Waals surface area contributed by atoms with Crippen LogP contribution in [0.25, 0.3) is 0 Å². The summed E-state index contributed by atoms with van der Waals surface area (Å²) in [5.74, 6) is 1.52. The summed E-state index contributed by atoms with van der Waals surface area (Å²) in [6, 6.07) is 14.5. The van der Waals surface area contributed by atoms with Gasteiger partial charge >= 0.3 is 8.56 Å². The predicted molar refractivity (Wildman–Crippen MR) is 81.6 cm³/mol. The average Bonchev–Trinajstić information content (AvgIpc) is 2.34. The topological polar surface area (TPSA) is 18.5 Å². The van der Waals surface area contributed by atoms with Crippen molar-refractivity contribution in [2.24, 2.45) is 0 Å². The maximum atomic E-state index is 5.92. The summed E-state index contributed by atoms with van der Waals surface area (Å²) < 4.78 is 11.8. The van der Waals surface area contributed by atoms with E-state index in [-0.39, 0.29) is 0 Å². The van der Waals surface area contributed by atoms with Gasteiger partial charge in [-0.15, -0.1) is 0 Å². The van der Waals surface area contributed by atoms with Gasteiger partial charge in [0.15, 0.2) is 0 Å². The van der Waals surface area contributed by atoms with Gasteiger partial charge in [0.1, 0.15) is 11.5 Å². The largest absolute Gasteiger partial charge is 0.512 e. The van der Waals surface area contributed by atoms with Crippen molar-refractivity contribution in [2.75, 3.05) is 0 Å². The van der Waals surface area contributed by atoms with Gasteiger partial charge in [-0.2, -0.15) is 0 Å². The third kappa shape index (κ3) is 4.46. The molecule has 0 N–H and O–H groups in total. The second kappa shape index (κ2) is 5.86. The van der Waals surface area contributed by atoms with E-state index in [1.165, 1.54) is 0 Å². The van der Waals surface area contributed by atoms with E-state index in [1.54, 1.807) is 24.3 Å². The molecule has 0 fully saturated rings. The van der Waals surface area contributed by atoms with Gasteiger partial charge in [0.25, 0.3) is 0 Å². The zero-order valence-corrected chi connectivity index (χ0v) is 13.2. The van der Waals surface area contributed by atoms with Crippen LogP contribution in [0, 0.1) is 0 Å². The highest BCUT2D eigenvalue weighted by Gasteiger charge is 2.29. The van der Waals surface area contributed by atoms with Crippen molar-refractivity contribution in [3.8, 4) is 11.5 Å². The van der Waals surface area contributed by atoms with Crippen LogP contribution in [-0.2, 0) is 0 Å². The molecule has 100 valence electrons.